The van der Waals surface area contributed by atoms with Crippen LogP contribution in [0.5, 0.6) is 0 Å². The number of rotatable bonds is 1. The van der Waals surface area contributed by atoms with Gasteiger partial charge in [0.25, 0.3) is 6.47 Å². The summed E-state index contributed by atoms with van der Waals surface area (Å²) in [6, 6.07) is 0. The first-order valence-corrected chi connectivity index (χ1v) is 7.12. The summed E-state index contributed by atoms with van der Waals surface area (Å²) in [5, 5.41) is 6.89. The average Bonchev–Trinajstić information content (AvgIpc) is 2.37. The summed E-state index contributed by atoms with van der Waals surface area (Å²) in [6.07, 6.45) is -0.778. The Balaban J connectivity index is 0.00000135. The van der Waals surface area contributed by atoms with Crippen LogP contribution in [-0.2, 0) is 14.3 Å². The van der Waals surface area contributed by atoms with Crippen molar-refractivity contribution in [3.05, 3.63) is 0 Å². The van der Waals surface area contributed by atoms with Gasteiger partial charge in [0, 0.05) is 26.2 Å². The Morgan fingerprint density at radius 2 is 1.41 bits per heavy atom. The molecule has 0 radical (unpaired) electrons. The number of nitrogens with zero attached hydrogens (tertiary/aromatic N) is 2. The summed E-state index contributed by atoms with van der Waals surface area (Å²) in [7, 11) is 0. The van der Waals surface area contributed by atoms with Gasteiger partial charge in [-0.3, -0.25) is 4.79 Å². The van der Waals surface area contributed by atoms with E-state index in [1.807, 2.05) is 34.6 Å². The van der Waals surface area contributed by atoms with Crippen LogP contribution in [-0.4, -0.2) is 71.4 Å². The van der Waals surface area contributed by atoms with Crippen LogP contribution in [0, 0.1) is 0 Å². The van der Waals surface area contributed by atoms with Crippen LogP contribution in [0.3, 0.4) is 0 Å². The molecule has 0 atom stereocenters. The third-order valence-electron chi connectivity index (χ3n) is 2.53. The van der Waals surface area contributed by atoms with Gasteiger partial charge >= 0.3 is 12.2 Å². The predicted molar refractivity (Wildman–Crippen MR) is 79.7 cm³/mol. The Morgan fingerprint density at radius 1 is 1.05 bits per heavy atom. The maximum atomic E-state index is 11.8. The van der Waals surface area contributed by atoms with Crippen molar-refractivity contribution < 1.29 is 29.0 Å². The lowest BCUT2D eigenvalue weighted by Crippen LogP contribution is -2.52. The number of hydrogen-bond donors (Lipinski definition) is 1. The zero-order valence-electron chi connectivity index (χ0n) is 13.9. The highest BCUT2D eigenvalue weighted by molar-refractivity contribution is 5.70. The molecule has 1 fully saturated rings. The Labute approximate surface area is 131 Å². The van der Waals surface area contributed by atoms with E-state index in [0.29, 0.717) is 26.2 Å². The molecular formula is C14H26N2O6. The molecule has 0 aromatic heterocycles. The molecule has 0 saturated carbocycles. The fourth-order valence-corrected chi connectivity index (χ4v) is 1.67. The molecule has 22 heavy (non-hydrogen) atoms. The van der Waals surface area contributed by atoms with E-state index in [4.69, 9.17) is 19.4 Å². The van der Waals surface area contributed by atoms with Gasteiger partial charge < -0.3 is 24.4 Å². The van der Waals surface area contributed by atoms with Crippen LogP contribution in [0.15, 0.2) is 0 Å². The lowest BCUT2D eigenvalue weighted by atomic mass is 10.2. The molecule has 1 aliphatic heterocycles. The van der Waals surface area contributed by atoms with Crippen LogP contribution in [0.4, 0.5) is 9.59 Å². The van der Waals surface area contributed by atoms with Gasteiger partial charge in [-0.2, -0.15) is 0 Å². The standard InChI is InChI=1S/C13H24N2O4.CH2O2/c1-10(2)18-11(16)14-6-8-15(9-7-14)12(17)19-13(3,4)5;2-1-3/h10H,6-9H2,1-5H3;1H,(H,2,3). The molecular weight excluding hydrogens is 292 g/mol. The minimum absolute atomic E-state index is 0.128. The Kier molecular flexibility index (Phi) is 8.29. The van der Waals surface area contributed by atoms with E-state index < -0.39 is 5.60 Å². The van der Waals surface area contributed by atoms with Gasteiger partial charge in [0.1, 0.15) is 5.60 Å². The van der Waals surface area contributed by atoms with Crippen molar-refractivity contribution in [2.75, 3.05) is 26.2 Å². The van der Waals surface area contributed by atoms with Gasteiger partial charge in [-0.1, -0.05) is 0 Å². The topological polar surface area (TPSA) is 96.4 Å². The van der Waals surface area contributed by atoms with Crippen molar-refractivity contribution in [2.45, 2.75) is 46.3 Å². The van der Waals surface area contributed by atoms with Crippen molar-refractivity contribution in [1.82, 2.24) is 9.80 Å². The normalized spacial score (nSPS) is 14.8. The van der Waals surface area contributed by atoms with Gasteiger partial charge in [-0.05, 0) is 34.6 Å². The van der Waals surface area contributed by atoms with Crippen molar-refractivity contribution in [2.24, 2.45) is 0 Å². The largest absolute Gasteiger partial charge is 0.483 e. The molecule has 0 aromatic carbocycles. The Hall–Kier alpha value is -1.99. The summed E-state index contributed by atoms with van der Waals surface area (Å²) < 4.78 is 10.4. The third kappa shape index (κ3) is 8.33. The SMILES string of the molecule is CC(C)OC(=O)N1CCN(C(=O)OC(C)(C)C)CC1.O=CO. The van der Waals surface area contributed by atoms with Crippen molar-refractivity contribution >= 4 is 18.7 Å². The maximum absolute atomic E-state index is 11.8. The van der Waals surface area contributed by atoms with E-state index in [-0.39, 0.29) is 24.8 Å². The van der Waals surface area contributed by atoms with Crippen LogP contribution in [0.2, 0.25) is 0 Å². The van der Waals surface area contributed by atoms with Gasteiger partial charge in [-0.15, -0.1) is 0 Å². The zero-order chi connectivity index (χ0) is 17.3. The Bertz CT molecular complexity index is 370. The minimum Gasteiger partial charge on any atom is -0.483 e. The summed E-state index contributed by atoms with van der Waals surface area (Å²) in [4.78, 5) is 35.1. The molecule has 0 aliphatic carbocycles. The van der Waals surface area contributed by atoms with Crippen molar-refractivity contribution in [3.8, 4) is 0 Å². The summed E-state index contributed by atoms with van der Waals surface area (Å²) >= 11 is 0. The number of amides is 2. The second-order valence-corrected chi connectivity index (χ2v) is 5.99. The number of hydrogen-bond acceptors (Lipinski definition) is 5. The van der Waals surface area contributed by atoms with E-state index in [2.05, 4.69) is 0 Å². The monoisotopic (exact) mass is 318 g/mol. The second-order valence-electron chi connectivity index (χ2n) is 5.99. The van der Waals surface area contributed by atoms with Crippen molar-refractivity contribution in [1.29, 1.82) is 0 Å². The van der Waals surface area contributed by atoms with E-state index in [0.717, 1.165) is 0 Å². The highest BCUT2D eigenvalue weighted by Crippen LogP contribution is 2.12. The van der Waals surface area contributed by atoms with Crippen LogP contribution in [0.25, 0.3) is 0 Å². The first-order valence-electron chi connectivity index (χ1n) is 7.12. The molecule has 0 bridgehead atoms. The molecule has 8 heteroatoms. The molecule has 1 N–H and O–H groups in total. The molecule has 1 heterocycles. The highest BCUT2D eigenvalue weighted by Gasteiger charge is 2.28. The molecule has 8 nitrogen and oxygen atoms in total. The molecule has 1 rings (SSSR count). The molecule has 0 spiro atoms. The van der Waals surface area contributed by atoms with Gasteiger partial charge in [0.05, 0.1) is 6.10 Å². The molecule has 1 saturated heterocycles. The lowest BCUT2D eigenvalue weighted by Gasteiger charge is -2.35. The fourth-order valence-electron chi connectivity index (χ4n) is 1.67. The first-order chi connectivity index (χ1) is 10.1. The summed E-state index contributed by atoms with van der Waals surface area (Å²) in [5.41, 5.74) is -0.495. The molecule has 128 valence electrons. The average molecular weight is 318 g/mol. The summed E-state index contributed by atoms with van der Waals surface area (Å²) in [6.45, 7) is 10.8. The fraction of sp³-hybridized carbons (Fsp3) is 0.786. The van der Waals surface area contributed by atoms with Crippen LogP contribution >= 0.6 is 0 Å². The van der Waals surface area contributed by atoms with Crippen LogP contribution in [0.1, 0.15) is 34.6 Å². The predicted octanol–water partition coefficient (Wildman–Crippen LogP) is 1.78. The first kappa shape index (κ1) is 20.0. The number of piperazine rings is 1. The van der Waals surface area contributed by atoms with Crippen molar-refractivity contribution in [3.63, 3.8) is 0 Å². The zero-order valence-corrected chi connectivity index (χ0v) is 13.9. The number of carbonyl (C=O) groups is 3. The quantitative estimate of drug-likeness (QED) is 0.740. The number of carboxylic acid groups (broad SMARTS) is 1. The van der Waals surface area contributed by atoms with E-state index in [1.54, 1.807) is 9.80 Å². The molecule has 0 aromatic rings. The lowest BCUT2D eigenvalue weighted by molar-refractivity contribution is -0.122. The molecule has 1 aliphatic rings. The van der Waals surface area contributed by atoms with E-state index in [1.165, 1.54) is 0 Å². The smallest absolute Gasteiger partial charge is 0.410 e. The van der Waals surface area contributed by atoms with Gasteiger partial charge in [0.2, 0.25) is 0 Å². The Morgan fingerprint density at radius 3 is 1.73 bits per heavy atom. The second kappa shape index (κ2) is 9.11. The third-order valence-corrected chi connectivity index (χ3v) is 2.53. The van der Waals surface area contributed by atoms with Crippen LogP contribution < -0.4 is 0 Å². The minimum atomic E-state index is -0.495. The number of ether oxygens (including phenoxy) is 2. The van der Waals surface area contributed by atoms with E-state index in [9.17, 15) is 9.59 Å². The summed E-state index contributed by atoms with van der Waals surface area (Å²) in [5.74, 6) is 0. The maximum Gasteiger partial charge on any atom is 0.410 e. The highest BCUT2D eigenvalue weighted by atomic mass is 16.6. The molecule has 0 unspecified atom stereocenters. The number of carbonyl (C=O) groups excluding carboxylic acids is 2. The van der Waals surface area contributed by atoms with E-state index >= 15 is 0 Å². The van der Waals surface area contributed by atoms with Gasteiger partial charge in [0.15, 0.2) is 0 Å². The van der Waals surface area contributed by atoms with Gasteiger partial charge in [-0.25, -0.2) is 9.59 Å². The molecule has 2 amide bonds.